The number of rotatable bonds is 6. The Bertz CT molecular complexity index is 641. The zero-order valence-corrected chi connectivity index (χ0v) is 12.2. The summed E-state index contributed by atoms with van der Waals surface area (Å²) in [6.07, 6.45) is 0.652. The van der Waals surface area contributed by atoms with Crippen molar-refractivity contribution in [3.8, 4) is 11.5 Å². The quantitative estimate of drug-likeness (QED) is 0.806. The molecule has 0 amide bonds. The first-order valence-electron chi connectivity index (χ1n) is 7.00. The number of hydrogen-bond acceptors (Lipinski definition) is 4. The number of phenolic OH excluding ortho intramolecular Hbond substituents is 1. The van der Waals surface area contributed by atoms with Gasteiger partial charge in [-0.2, -0.15) is 0 Å². The van der Waals surface area contributed by atoms with Gasteiger partial charge in [-0.3, -0.25) is 4.99 Å². The van der Waals surface area contributed by atoms with Gasteiger partial charge in [-0.05, 0) is 36.8 Å². The predicted octanol–water partition coefficient (Wildman–Crippen LogP) is 3.08. The van der Waals surface area contributed by atoms with E-state index in [4.69, 9.17) is 4.74 Å². The molecular formula is C17H18FNO3. The number of hydrogen-bond donors (Lipinski definition) is 2. The zero-order chi connectivity index (χ0) is 15.9. The summed E-state index contributed by atoms with van der Waals surface area (Å²) >= 11 is 0. The molecule has 0 aliphatic rings. The third-order valence-electron chi connectivity index (χ3n) is 3.09. The van der Waals surface area contributed by atoms with Gasteiger partial charge in [0.2, 0.25) is 0 Å². The summed E-state index contributed by atoms with van der Waals surface area (Å²) in [6, 6.07) is 10.7. The van der Waals surface area contributed by atoms with Gasteiger partial charge in [0.05, 0.1) is 19.3 Å². The number of ether oxygens (including phenoxy) is 1. The van der Waals surface area contributed by atoms with Gasteiger partial charge >= 0.3 is 0 Å². The molecule has 4 nitrogen and oxygen atoms in total. The summed E-state index contributed by atoms with van der Waals surface area (Å²) in [4.78, 5) is 4.12. The molecule has 0 saturated heterocycles. The van der Waals surface area contributed by atoms with Crippen LogP contribution in [-0.4, -0.2) is 29.6 Å². The lowest BCUT2D eigenvalue weighted by Crippen LogP contribution is -2.02. The highest BCUT2D eigenvalue weighted by atomic mass is 19.1. The number of nitrogens with zero attached hydrogens (tertiary/aromatic N) is 1. The van der Waals surface area contributed by atoms with Gasteiger partial charge in [-0.1, -0.05) is 18.2 Å². The van der Waals surface area contributed by atoms with Gasteiger partial charge in [-0.25, -0.2) is 4.39 Å². The van der Waals surface area contributed by atoms with E-state index in [1.165, 1.54) is 30.5 Å². The van der Waals surface area contributed by atoms with E-state index >= 15 is 0 Å². The van der Waals surface area contributed by atoms with Crippen molar-refractivity contribution >= 4 is 6.21 Å². The second-order valence-electron chi connectivity index (χ2n) is 4.69. The standard InChI is InChI=1S/C17H18FNO3/c1-2-22-16-5-3-4-13(17(16)21)10-19-11-15(20)12-6-8-14(18)9-7-12/h3-10,15,20-21H,2,11H2,1H3. The van der Waals surface area contributed by atoms with Crippen molar-refractivity contribution in [3.05, 3.63) is 59.4 Å². The van der Waals surface area contributed by atoms with Gasteiger partial charge in [0.15, 0.2) is 11.5 Å². The van der Waals surface area contributed by atoms with Gasteiger partial charge in [0, 0.05) is 11.8 Å². The van der Waals surface area contributed by atoms with Gasteiger partial charge in [0.1, 0.15) is 5.82 Å². The highest BCUT2D eigenvalue weighted by Gasteiger charge is 2.08. The molecule has 0 aliphatic carbocycles. The molecule has 0 saturated carbocycles. The number of aromatic hydroxyl groups is 1. The van der Waals surface area contributed by atoms with Crippen LogP contribution in [0, 0.1) is 5.82 Å². The SMILES string of the molecule is CCOc1cccc(C=NCC(O)c2ccc(F)cc2)c1O. The van der Waals surface area contributed by atoms with Crippen LogP contribution >= 0.6 is 0 Å². The largest absolute Gasteiger partial charge is 0.504 e. The van der Waals surface area contributed by atoms with E-state index in [2.05, 4.69) is 4.99 Å². The van der Waals surface area contributed by atoms with Gasteiger partial charge in [0.25, 0.3) is 0 Å². The Balaban J connectivity index is 2.03. The van der Waals surface area contributed by atoms with Crippen molar-refractivity contribution in [2.45, 2.75) is 13.0 Å². The predicted molar refractivity (Wildman–Crippen MR) is 83.1 cm³/mol. The van der Waals surface area contributed by atoms with Gasteiger partial charge < -0.3 is 14.9 Å². The number of aliphatic imine (C=N–C) groups is 1. The third-order valence-corrected chi connectivity index (χ3v) is 3.09. The summed E-state index contributed by atoms with van der Waals surface area (Å²) in [7, 11) is 0. The minimum atomic E-state index is -0.825. The van der Waals surface area contributed by atoms with Crippen molar-refractivity contribution in [1.29, 1.82) is 0 Å². The van der Waals surface area contributed by atoms with Crippen LogP contribution in [0.4, 0.5) is 4.39 Å². The Kier molecular flexibility index (Phi) is 5.49. The number of phenols is 1. The Morgan fingerprint density at radius 2 is 1.95 bits per heavy atom. The highest BCUT2D eigenvalue weighted by Crippen LogP contribution is 2.28. The first-order chi connectivity index (χ1) is 10.6. The first-order valence-corrected chi connectivity index (χ1v) is 7.00. The summed E-state index contributed by atoms with van der Waals surface area (Å²) in [5.41, 5.74) is 1.10. The summed E-state index contributed by atoms with van der Waals surface area (Å²) in [6.45, 7) is 2.40. The minimum absolute atomic E-state index is 0.0179. The van der Waals surface area contributed by atoms with Gasteiger partial charge in [-0.15, -0.1) is 0 Å². The molecular weight excluding hydrogens is 285 g/mol. The van der Waals surface area contributed by atoms with Crippen molar-refractivity contribution in [3.63, 3.8) is 0 Å². The second-order valence-corrected chi connectivity index (χ2v) is 4.69. The van der Waals surface area contributed by atoms with Crippen molar-refractivity contribution in [1.82, 2.24) is 0 Å². The van der Waals surface area contributed by atoms with Crippen LogP contribution in [0.3, 0.4) is 0 Å². The minimum Gasteiger partial charge on any atom is -0.504 e. The Labute approximate surface area is 128 Å². The van der Waals surface area contributed by atoms with E-state index in [9.17, 15) is 14.6 Å². The van der Waals surface area contributed by atoms with E-state index in [1.807, 2.05) is 6.92 Å². The normalized spacial score (nSPS) is 12.5. The Hall–Kier alpha value is -2.40. The molecule has 2 rings (SSSR count). The van der Waals surface area contributed by atoms with Crippen molar-refractivity contribution in [2.75, 3.05) is 13.2 Å². The molecule has 0 aliphatic heterocycles. The number of aliphatic hydroxyl groups excluding tert-OH is 1. The molecule has 22 heavy (non-hydrogen) atoms. The molecule has 2 aromatic rings. The number of benzene rings is 2. The fraction of sp³-hybridized carbons (Fsp3) is 0.235. The van der Waals surface area contributed by atoms with Crippen molar-refractivity contribution in [2.24, 2.45) is 4.99 Å². The Morgan fingerprint density at radius 1 is 1.23 bits per heavy atom. The molecule has 0 fully saturated rings. The fourth-order valence-corrected chi connectivity index (χ4v) is 1.96. The molecule has 0 radical (unpaired) electrons. The van der Waals surface area contributed by atoms with Crippen LogP contribution < -0.4 is 4.74 Å². The van der Waals surface area contributed by atoms with Crippen LogP contribution in [0.2, 0.25) is 0 Å². The fourth-order valence-electron chi connectivity index (χ4n) is 1.96. The molecule has 0 bridgehead atoms. The maximum absolute atomic E-state index is 12.8. The van der Waals surface area contributed by atoms with E-state index in [0.29, 0.717) is 23.5 Å². The van der Waals surface area contributed by atoms with E-state index in [1.54, 1.807) is 18.2 Å². The van der Waals surface area contributed by atoms with Crippen LogP contribution in [0.5, 0.6) is 11.5 Å². The second kappa shape index (κ2) is 7.56. The van der Waals surface area contributed by atoms with E-state index < -0.39 is 6.10 Å². The molecule has 5 heteroatoms. The molecule has 1 unspecified atom stereocenters. The zero-order valence-electron chi connectivity index (χ0n) is 12.2. The molecule has 0 spiro atoms. The summed E-state index contributed by atoms with van der Waals surface area (Å²) in [5.74, 6) is 0.0621. The molecule has 2 N–H and O–H groups in total. The summed E-state index contributed by atoms with van der Waals surface area (Å²) < 4.78 is 18.1. The molecule has 2 aromatic carbocycles. The van der Waals surface area contributed by atoms with Crippen LogP contribution in [0.15, 0.2) is 47.5 Å². The monoisotopic (exact) mass is 303 g/mol. The number of halogens is 1. The number of para-hydroxylation sites is 1. The maximum Gasteiger partial charge on any atom is 0.166 e. The highest BCUT2D eigenvalue weighted by molar-refractivity contribution is 5.84. The average Bonchev–Trinajstić information content (AvgIpc) is 2.51. The first kappa shape index (κ1) is 16.0. The van der Waals surface area contributed by atoms with E-state index in [0.717, 1.165) is 0 Å². The summed E-state index contributed by atoms with van der Waals surface area (Å²) in [5, 5.41) is 20.0. The number of aliphatic hydroxyl groups is 1. The van der Waals surface area contributed by atoms with Crippen LogP contribution in [0.25, 0.3) is 0 Å². The lowest BCUT2D eigenvalue weighted by atomic mass is 10.1. The molecule has 1 atom stereocenters. The van der Waals surface area contributed by atoms with Crippen molar-refractivity contribution < 1.29 is 19.3 Å². The molecule has 0 aromatic heterocycles. The maximum atomic E-state index is 12.8. The molecule has 0 heterocycles. The smallest absolute Gasteiger partial charge is 0.166 e. The lowest BCUT2D eigenvalue weighted by molar-refractivity contribution is 0.187. The molecule has 116 valence electrons. The lowest BCUT2D eigenvalue weighted by Gasteiger charge is -2.09. The third kappa shape index (κ3) is 4.05. The Morgan fingerprint density at radius 3 is 2.64 bits per heavy atom. The van der Waals surface area contributed by atoms with E-state index in [-0.39, 0.29) is 18.1 Å². The van der Waals surface area contributed by atoms with Crippen LogP contribution in [0.1, 0.15) is 24.2 Å². The topological polar surface area (TPSA) is 62.0 Å². The average molecular weight is 303 g/mol. The van der Waals surface area contributed by atoms with Crippen LogP contribution in [-0.2, 0) is 0 Å².